The highest BCUT2D eigenvalue weighted by atomic mass is 16.8. The predicted octanol–water partition coefficient (Wildman–Crippen LogP) is 5.61. The van der Waals surface area contributed by atoms with E-state index in [1.807, 2.05) is 56.3 Å². The summed E-state index contributed by atoms with van der Waals surface area (Å²) in [5.41, 5.74) is 5.69. The molecule has 256 valence electrons. The normalized spacial score (nSPS) is 20.1. The Bertz CT molecular complexity index is 1180. The number of carbonyl (C=O) groups is 4. The van der Waals surface area contributed by atoms with Gasteiger partial charge in [0.2, 0.25) is 11.8 Å². The van der Waals surface area contributed by atoms with Crippen LogP contribution >= 0.6 is 0 Å². The molecule has 1 aromatic rings. The third kappa shape index (κ3) is 11.4. The number of amides is 4. The number of nitrogens with zero attached hydrogens (tertiary/aromatic N) is 2. The van der Waals surface area contributed by atoms with Gasteiger partial charge in [0.15, 0.2) is 6.29 Å². The highest BCUT2D eigenvalue weighted by molar-refractivity contribution is 5.91. The summed E-state index contributed by atoms with van der Waals surface area (Å²) in [5.74, 6) is -2.76. The molecule has 11 nitrogen and oxygen atoms in total. The second kappa shape index (κ2) is 17.5. The SMILES string of the molecule is CC(C)C[C@@H](C(=O)NN(C(=O)[C@H]1CCCN1C(=O)OC(C)(C)C)C(C)C)[C@@H](C/C=C/c1ccccc1)C(=O)NOC1CCCCO1. The fourth-order valence-electron chi connectivity index (χ4n) is 5.70. The van der Waals surface area contributed by atoms with E-state index in [9.17, 15) is 19.2 Å². The highest BCUT2D eigenvalue weighted by Gasteiger charge is 2.41. The molecule has 3 rings (SSSR count). The summed E-state index contributed by atoms with van der Waals surface area (Å²) in [7, 11) is 0. The molecule has 2 heterocycles. The van der Waals surface area contributed by atoms with Crippen LogP contribution in [0.5, 0.6) is 0 Å². The van der Waals surface area contributed by atoms with Crippen molar-refractivity contribution in [3.05, 3.63) is 42.0 Å². The Labute approximate surface area is 274 Å². The van der Waals surface area contributed by atoms with E-state index in [4.69, 9.17) is 14.3 Å². The van der Waals surface area contributed by atoms with Gasteiger partial charge in [0.1, 0.15) is 11.6 Å². The molecule has 2 aliphatic heterocycles. The minimum Gasteiger partial charge on any atom is -0.444 e. The second-order valence-corrected chi connectivity index (χ2v) is 13.9. The Morgan fingerprint density at radius 2 is 1.72 bits per heavy atom. The molecule has 2 N–H and O–H groups in total. The maximum atomic E-state index is 14.1. The van der Waals surface area contributed by atoms with Crippen molar-refractivity contribution >= 4 is 29.9 Å². The summed E-state index contributed by atoms with van der Waals surface area (Å²) in [4.78, 5) is 61.7. The van der Waals surface area contributed by atoms with Crippen LogP contribution in [0.3, 0.4) is 0 Å². The Hall–Kier alpha value is -3.44. The number of hydrogen-bond donors (Lipinski definition) is 2. The van der Waals surface area contributed by atoms with Crippen LogP contribution in [0.25, 0.3) is 6.08 Å². The van der Waals surface area contributed by atoms with Crippen LogP contribution in [0, 0.1) is 17.8 Å². The third-order valence-electron chi connectivity index (χ3n) is 7.96. The molecule has 11 heteroatoms. The number of hydrogen-bond acceptors (Lipinski definition) is 7. The average molecular weight is 643 g/mol. The van der Waals surface area contributed by atoms with E-state index in [-0.39, 0.29) is 12.3 Å². The minimum absolute atomic E-state index is 0.0763. The number of carbonyl (C=O) groups excluding carboxylic acids is 4. The summed E-state index contributed by atoms with van der Waals surface area (Å²) >= 11 is 0. The molecule has 1 unspecified atom stereocenters. The van der Waals surface area contributed by atoms with Crippen LogP contribution < -0.4 is 10.9 Å². The zero-order valence-corrected chi connectivity index (χ0v) is 28.6. The Kier molecular flexibility index (Phi) is 14.1. The monoisotopic (exact) mass is 642 g/mol. The highest BCUT2D eigenvalue weighted by Crippen LogP contribution is 2.27. The van der Waals surface area contributed by atoms with Crippen LogP contribution in [0.1, 0.15) is 99.0 Å². The fraction of sp³-hybridized carbons (Fsp3) is 0.657. The minimum atomic E-state index is -0.792. The van der Waals surface area contributed by atoms with E-state index in [1.54, 1.807) is 34.6 Å². The first kappa shape index (κ1) is 37.0. The van der Waals surface area contributed by atoms with Crippen LogP contribution in [0.4, 0.5) is 4.79 Å². The summed E-state index contributed by atoms with van der Waals surface area (Å²) in [6.45, 7) is 13.9. The lowest BCUT2D eigenvalue weighted by atomic mass is 9.82. The topological polar surface area (TPSA) is 127 Å². The first-order chi connectivity index (χ1) is 21.8. The number of nitrogens with one attached hydrogen (secondary N) is 2. The van der Waals surface area contributed by atoms with E-state index in [1.165, 1.54) is 9.91 Å². The maximum absolute atomic E-state index is 14.1. The first-order valence-electron chi connectivity index (χ1n) is 16.7. The van der Waals surface area contributed by atoms with Crippen molar-refractivity contribution < 1.29 is 33.5 Å². The molecule has 2 aliphatic rings. The second-order valence-electron chi connectivity index (χ2n) is 13.9. The van der Waals surface area contributed by atoms with Crippen molar-refractivity contribution in [2.45, 2.75) is 117 Å². The Morgan fingerprint density at radius 3 is 2.33 bits per heavy atom. The van der Waals surface area contributed by atoms with Crippen LogP contribution in [-0.2, 0) is 28.7 Å². The van der Waals surface area contributed by atoms with Crippen molar-refractivity contribution in [1.29, 1.82) is 0 Å². The van der Waals surface area contributed by atoms with Crippen LogP contribution in [0.15, 0.2) is 36.4 Å². The molecule has 2 saturated heterocycles. The van der Waals surface area contributed by atoms with Crippen molar-refractivity contribution in [2.75, 3.05) is 13.2 Å². The summed E-state index contributed by atoms with van der Waals surface area (Å²) in [6, 6.07) is 8.55. The number of benzene rings is 1. The number of ether oxygens (including phenoxy) is 2. The zero-order valence-electron chi connectivity index (χ0n) is 28.6. The van der Waals surface area contributed by atoms with E-state index < -0.39 is 59.6 Å². The van der Waals surface area contributed by atoms with Gasteiger partial charge in [-0.1, -0.05) is 56.3 Å². The predicted molar refractivity (Wildman–Crippen MR) is 175 cm³/mol. The summed E-state index contributed by atoms with van der Waals surface area (Å²) in [5, 5.41) is 1.30. The molecule has 0 saturated carbocycles. The number of rotatable bonds is 12. The quantitative estimate of drug-likeness (QED) is 0.284. The van der Waals surface area contributed by atoms with Gasteiger partial charge in [0.25, 0.3) is 5.91 Å². The fourth-order valence-corrected chi connectivity index (χ4v) is 5.70. The van der Waals surface area contributed by atoms with E-state index in [2.05, 4.69) is 10.9 Å². The molecule has 0 bridgehead atoms. The molecule has 2 fully saturated rings. The Balaban J connectivity index is 1.83. The molecule has 4 atom stereocenters. The van der Waals surface area contributed by atoms with Crippen LogP contribution in [0.2, 0.25) is 0 Å². The van der Waals surface area contributed by atoms with Gasteiger partial charge in [-0.15, -0.1) is 0 Å². The van der Waals surface area contributed by atoms with Crippen molar-refractivity contribution in [3.63, 3.8) is 0 Å². The van der Waals surface area contributed by atoms with Gasteiger partial charge in [-0.25, -0.2) is 20.1 Å². The van der Waals surface area contributed by atoms with Gasteiger partial charge in [0.05, 0.1) is 11.8 Å². The van der Waals surface area contributed by atoms with Crippen molar-refractivity contribution in [1.82, 2.24) is 20.8 Å². The van der Waals surface area contributed by atoms with Gasteiger partial charge in [-0.05, 0) is 84.6 Å². The average Bonchev–Trinajstić information content (AvgIpc) is 3.50. The lowest BCUT2D eigenvalue weighted by molar-refractivity contribution is -0.203. The number of allylic oxidation sites excluding steroid dienone is 1. The number of hydrazine groups is 1. The van der Waals surface area contributed by atoms with E-state index >= 15 is 0 Å². The summed E-state index contributed by atoms with van der Waals surface area (Å²) < 4.78 is 11.2. The lowest BCUT2D eigenvalue weighted by Crippen LogP contribution is -2.58. The largest absolute Gasteiger partial charge is 0.444 e. The van der Waals surface area contributed by atoms with Gasteiger partial charge < -0.3 is 9.47 Å². The van der Waals surface area contributed by atoms with Crippen LogP contribution in [-0.4, -0.2) is 70.8 Å². The molecule has 0 aromatic heterocycles. The van der Waals surface area contributed by atoms with E-state index in [0.717, 1.165) is 18.4 Å². The maximum Gasteiger partial charge on any atom is 0.410 e. The van der Waals surface area contributed by atoms with Gasteiger partial charge >= 0.3 is 6.09 Å². The first-order valence-corrected chi connectivity index (χ1v) is 16.7. The molecule has 46 heavy (non-hydrogen) atoms. The molecule has 0 radical (unpaired) electrons. The van der Waals surface area contributed by atoms with Gasteiger partial charge in [-0.2, -0.15) is 0 Å². The lowest BCUT2D eigenvalue weighted by Gasteiger charge is -2.35. The smallest absolute Gasteiger partial charge is 0.410 e. The Morgan fingerprint density at radius 1 is 1.00 bits per heavy atom. The third-order valence-corrected chi connectivity index (χ3v) is 7.96. The molecule has 4 amide bonds. The summed E-state index contributed by atoms with van der Waals surface area (Å²) in [6.07, 6.45) is 7.04. The van der Waals surface area contributed by atoms with Gasteiger partial charge in [0, 0.05) is 25.6 Å². The number of hydroxylamine groups is 1. The molecule has 0 spiro atoms. The molecule has 0 aliphatic carbocycles. The zero-order chi connectivity index (χ0) is 33.9. The molecular weight excluding hydrogens is 588 g/mol. The van der Waals surface area contributed by atoms with Crippen molar-refractivity contribution in [3.8, 4) is 0 Å². The van der Waals surface area contributed by atoms with E-state index in [0.29, 0.717) is 38.8 Å². The van der Waals surface area contributed by atoms with Crippen molar-refractivity contribution in [2.24, 2.45) is 17.8 Å². The molecular formula is C35H54N4O7. The van der Waals surface area contributed by atoms with Gasteiger partial charge in [-0.3, -0.25) is 24.7 Å². The molecule has 1 aromatic carbocycles. The number of likely N-dealkylation sites (tertiary alicyclic amines) is 1. The standard InChI is InChI=1S/C35H54N4O7/c1-24(2)23-28(27(18-13-17-26-15-9-8-10-16-26)32(41)37-46-30-20-11-12-22-44-30)31(40)36-39(25(3)4)33(42)29-19-14-21-38(29)34(43)45-35(5,6)7/h8-10,13,15-17,24-25,27-30H,11-12,14,18-23H2,1-7H3,(H,36,40)(H,37,41)/b17-13+/t27-,28-,29-,30?/m1/s1.